The Morgan fingerprint density at radius 3 is 0.495 bits per heavy atom. The molecule has 0 saturated carbocycles. The van der Waals surface area contributed by atoms with Crippen LogP contribution in [0.5, 0.6) is 34.5 Å². The van der Waals surface area contributed by atoms with Crippen molar-refractivity contribution in [3.05, 3.63) is 389 Å². The van der Waals surface area contributed by atoms with Crippen molar-refractivity contribution in [2.45, 2.75) is 148 Å². The van der Waals surface area contributed by atoms with E-state index in [0.29, 0.717) is 55.6 Å². The molecule has 0 spiro atoms. The van der Waals surface area contributed by atoms with E-state index >= 15 is 0 Å². The van der Waals surface area contributed by atoms with Gasteiger partial charge in [-0.3, -0.25) is 0 Å². The second kappa shape index (κ2) is 27.9. The molecule has 0 radical (unpaired) electrons. The van der Waals surface area contributed by atoms with Gasteiger partial charge in [0.25, 0.3) is 0 Å². The second-order valence-corrected chi connectivity index (χ2v) is 31.1. The van der Waals surface area contributed by atoms with Crippen molar-refractivity contribution in [1.29, 1.82) is 0 Å². The minimum Gasteiger partial charge on any atom is -0.508 e. The largest absolute Gasteiger partial charge is 0.508 e. The Balaban J connectivity index is 1.01. The summed E-state index contributed by atoms with van der Waals surface area (Å²) in [5, 5.41) is 75.9. The first kappa shape index (κ1) is 70.3. The Kier molecular flexibility index (Phi) is 19.4. The van der Waals surface area contributed by atoms with Crippen molar-refractivity contribution in [3.8, 4) is 34.5 Å². The van der Waals surface area contributed by atoms with E-state index in [1.165, 1.54) is 0 Å². The molecule has 0 aliphatic carbocycles. The van der Waals surface area contributed by atoms with E-state index in [4.69, 9.17) is 0 Å². The molecule has 0 amide bonds. The van der Waals surface area contributed by atoms with Crippen LogP contribution >= 0.6 is 0 Å². The molecule has 0 aromatic heterocycles. The monoisotopic (exact) mass is 1330 g/mol. The van der Waals surface area contributed by atoms with Crippen LogP contribution in [0.4, 0.5) is 0 Å². The third kappa shape index (κ3) is 14.2. The van der Waals surface area contributed by atoms with Crippen LogP contribution in [0.1, 0.15) is 205 Å². The van der Waals surface area contributed by atoms with Crippen LogP contribution in [0.3, 0.4) is 0 Å². The molecule has 101 heavy (non-hydrogen) atoms. The zero-order valence-electron chi connectivity index (χ0n) is 60.6. The van der Waals surface area contributed by atoms with Gasteiger partial charge in [-0.1, -0.05) is 338 Å². The number of benzene rings is 12. The Labute approximate surface area is 598 Å². The van der Waals surface area contributed by atoms with Gasteiger partial charge in [-0.25, -0.2) is 0 Å². The Hall–Kier alpha value is -10.6. The molecule has 12 rings (SSSR count). The van der Waals surface area contributed by atoms with Crippen molar-refractivity contribution in [1.82, 2.24) is 0 Å². The predicted octanol–water partition coefficient (Wildman–Crippen LogP) is 21.8. The first-order valence-corrected chi connectivity index (χ1v) is 35.4. The number of aromatic hydroxyl groups is 6. The topological polar surface area (TPSA) is 121 Å². The van der Waals surface area contributed by atoms with Gasteiger partial charge in [0.2, 0.25) is 0 Å². The van der Waals surface area contributed by atoms with E-state index in [1.54, 1.807) is 12.1 Å². The molecule has 0 aliphatic rings. The summed E-state index contributed by atoms with van der Waals surface area (Å²) in [5.74, 6) is 0.525. The highest BCUT2D eigenvalue weighted by atomic mass is 16.3. The van der Waals surface area contributed by atoms with Gasteiger partial charge in [-0.2, -0.15) is 0 Å². The fraction of sp³-hybridized carbons (Fsp3) is 0.242. The summed E-state index contributed by atoms with van der Waals surface area (Å²) >= 11 is 0. The highest BCUT2D eigenvalue weighted by Crippen LogP contribution is 2.47. The minimum atomic E-state index is -0.590. The molecule has 12 aromatic rings. The van der Waals surface area contributed by atoms with Crippen molar-refractivity contribution in [2.75, 3.05) is 0 Å². The maximum absolute atomic E-state index is 13.3. The molecule has 0 aliphatic heterocycles. The van der Waals surface area contributed by atoms with Crippen molar-refractivity contribution in [2.24, 2.45) is 0 Å². The number of rotatable bonds is 22. The average molecular weight is 1330 g/mol. The first-order chi connectivity index (χ1) is 48.0. The van der Waals surface area contributed by atoms with Gasteiger partial charge in [-0.15, -0.1) is 0 Å². The molecule has 0 atom stereocenters. The summed E-state index contributed by atoms with van der Waals surface area (Å²) < 4.78 is 0. The SMILES string of the molecule is CC(C)(c1ccccc1)c1ccc(O)c(Cc2cc(C(C)(C)c3ccccc3)cc(Cc3cc(C(C)(C)c4ccccc4)cc(Cc4cc(C(C)(C)c5ccccc5)cc(Cc5cc(C(C)(C)c6ccccc6)cc(Cc6cc(C(C)(C)c7ccccc7)ccc6O)c5O)c4O)c3O)c2O)c1. The van der Waals surface area contributed by atoms with Crippen molar-refractivity contribution >= 4 is 0 Å². The van der Waals surface area contributed by atoms with E-state index in [0.717, 1.165) is 66.8 Å². The number of hydrogen-bond donors (Lipinski definition) is 6. The smallest absolute Gasteiger partial charge is 0.122 e. The Morgan fingerprint density at radius 2 is 0.317 bits per heavy atom. The predicted molar refractivity (Wildman–Crippen MR) is 414 cm³/mol. The summed E-state index contributed by atoms with van der Waals surface area (Å²) in [6, 6.07) is 90.3. The summed E-state index contributed by atoms with van der Waals surface area (Å²) in [4.78, 5) is 0. The van der Waals surface area contributed by atoms with E-state index < -0.39 is 21.7 Å². The maximum atomic E-state index is 13.3. The van der Waals surface area contributed by atoms with Crippen LogP contribution in [-0.2, 0) is 64.6 Å². The standard InChI is InChI=1S/C95H96O6/c1-90(2,72-31-19-13-20-32-72)78-43-45-84(96)62(52-78)47-64-54-80(92(5,6)74-35-23-15-24-36-74)56-66(86(64)98)49-68-58-82(94(9,10)76-39-27-17-28-40-76)60-70(88(68)100)51-71-61-83(95(11,12)77-41-29-18-30-42-77)59-69(89(71)101)50-67-57-81(93(7,8)75-37-25-16-26-38-75)55-65(87(67)99)48-63-53-79(44-46-85(63)97)91(3,4)73-33-21-14-22-34-73/h13-46,52-61,96-101H,47-51H2,1-12H3. The molecule has 6 nitrogen and oxygen atoms in total. The van der Waals surface area contributed by atoms with E-state index in [1.807, 2.05) is 121 Å². The molecular formula is C95H96O6. The molecule has 6 N–H and O–H groups in total. The Morgan fingerprint density at radius 1 is 0.168 bits per heavy atom. The van der Waals surface area contributed by atoms with E-state index in [2.05, 4.69) is 217 Å². The van der Waals surface area contributed by atoms with Crippen LogP contribution in [0.25, 0.3) is 0 Å². The lowest BCUT2D eigenvalue weighted by Crippen LogP contribution is -2.21. The van der Waals surface area contributed by atoms with Crippen molar-refractivity contribution < 1.29 is 30.6 Å². The lowest BCUT2D eigenvalue weighted by Gasteiger charge is -2.30. The molecule has 512 valence electrons. The van der Waals surface area contributed by atoms with Gasteiger partial charge in [-0.05, 0) is 135 Å². The lowest BCUT2D eigenvalue weighted by molar-refractivity contribution is 0.451. The lowest BCUT2D eigenvalue weighted by atomic mass is 9.74. The van der Waals surface area contributed by atoms with Crippen molar-refractivity contribution in [3.63, 3.8) is 0 Å². The number of phenolic OH excluding ortho intramolecular Hbond substituents is 6. The zero-order chi connectivity index (χ0) is 71.8. The second-order valence-electron chi connectivity index (χ2n) is 31.1. The van der Waals surface area contributed by atoms with Crippen LogP contribution in [0.2, 0.25) is 0 Å². The van der Waals surface area contributed by atoms with E-state index in [9.17, 15) is 30.6 Å². The number of phenols is 6. The number of hydrogen-bond acceptors (Lipinski definition) is 6. The highest BCUT2D eigenvalue weighted by molar-refractivity contribution is 5.61. The van der Waals surface area contributed by atoms with Gasteiger partial charge >= 0.3 is 0 Å². The fourth-order valence-electron chi connectivity index (χ4n) is 14.9. The van der Waals surface area contributed by atoms with Gasteiger partial charge in [0.05, 0.1) is 0 Å². The normalized spacial score (nSPS) is 12.4. The third-order valence-electron chi connectivity index (χ3n) is 22.4. The highest BCUT2D eigenvalue weighted by Gasteiger charge is 2.34. The average Bonchev–Trinajstić information content (AvgIpc) is 0.774. The van der Waals surface area contributed by atoms with Crippen LogP contribution in [0, 0.1) is 0 Å². The summed E-state index contributed by atoms with van der Waals surface area (Å²) in [6.07, 6.45) is 0.874. The minimum absolute atomic E-state index is 0.0473. The first-order valence-electron chi connectivity index (χ1n) is 35.4. The maximum Gasteiger partial charge on any atom is 0.122 e. The summed E-state index contributed by atoms with van der Waals surface area (Å²) in [6.45, 7) is 26.3. The molecule has 0 bridgehead atoms. The molecular weight excluding hydrogens is 1240 g/mol. The van der Waals surface area contributed by atoms with E-state index in [-0.39, 0.29) is 77.4 Å². The van der Waals surface area contributed by atoms with Gasteiger partial charge in [0, 0.05) is 64.6 Å². The quantitative estimate of drug-likeness (QED) is 0.0402. The molecule has 6 heteroatoms. The molecule has 0 unspecified atom stereocenters. The van der Waals surface area contributed by atoms with Crippen LogP contribution in [0.15, 0.2) is 267 Å². The summed E-state index contributed by atoms with van der Waals surface area (Å²) in [7, 11) is 0. The third-order valence-corrected chi connectivity index (χ3v) is 22.4. The molecule has 12 aromatic carbocycles. The van der Waals surface area contributed by atoms with Gasteiger partial charge in [0.15, 0.2) is 0 Å². The van der Waals surface area contributed by atoms with Crippen LogP contribution in [-0.4, -0.2) is 30.6 Å². The fourth-order valence-corrected chi connectivity index (χ4v) is 14.9. The molecule has 0 fully saturated rings. The molecule has 0 heterocycles. The zero-order valence-corrected chi connectivity index (χ0v) is 60.6. The van der Waals surface area contributed by atoms with Gasteiger partial charge in [0.1, 0.15) is 34.5 Å². The van der Waals surface area contributed by atoms with Crippen LogP contribution < -0.4 is 0 Å². The Bertz CT molecular complexity index is 4620. The molecule has 0 saturated heterocycles. The summed E-state index contributed by atoms with van der Waals surface area (Å²) in [5.41, 5.74) is 15.7. The van der Waals surface area contributed by atoms with Gasteiger partial charge < -0.3 is 30.6 Å².